The standard InChI is InChI=1S/C27H25N7O3S/c28-14-18-1-2-21-19(3-4-29-21)22(18)25-31-23-20-13-17(16-33-7-11-38(35)12-8-33)15-30-27(20)37-24(23)26(32-25)34-5-9-36-10-6-34/h1-4,13,15,29H,5-12,16H2. The molecule has 2 aliphatic heterocycles. The lowest BCUT2D eigenvalue weighted by atomic mass is 10.0. The highest BCUT2D eigenvalue weighted by molar-refractivity contribution is 7.91. The Morgan fingerprint density at radius 3 is 2.74 bits per heavy atom. The van der Waals surface area contributed by atoms with Gasteiger partial charge in [0.2, 0.25) is 5.71 Å². The minimum absolute atomic E-state index is 0.479. The van der Waals surface area contributed by atoms with Crippen LogP contribution in [0.4, 0.5) is 5.82 Å². The molecule has 0 bridgehead atoms. The van der Waals surface area contributed by atoms with Gasteiger partial charge in [0.25, 0.3) is 0 Å². The number of pyridine rings is 1. The Morgan fingerprint density at radius 1 is 1.08 bits per heavy atom. The van der Waals surface area contributed by atoms with Crippen LogP contribution in [0.15, 0.2) is 41.1 Å². The lowest BCUT2D eigenvalue weighted by molar-refractivity contribution is 0.122. The number of furan rings is 1. The molecule has 10 nitrogen and oxygen atoms in total. The first-order valence-corrected chi connectivity index (χ1v) is 14.2. The highest BCUT2D eigenvalue weighted by Crippen LogP contribution is 2.37. The van der Waals surface area contributed by atoms with Crippen LogP contribution in [-0.4, -0.2) is 80.3 Å². The summed E-state index contributed by atoms with van der Waals surface area (Å²) in [5, 5.41) is 11.7. The smallest absolute Gasteiger partial charge is 0.229 e. The van der Waals surface area contributed by atoms with Crippen LogP contribution < -0.4 is 4.90 Å². The second kappa shape index (κ2) is 9.56. The van der Waals surface area contributed by atoms with Crippen LogP contribution in [0.5, 0.6) is 0 Å². The summed E-state index contributed by atoms with van der Waals surface area (Å²) < 4.78 is 23.6. The Labute approximate surface area is 221 Å². The molecule has 1 N–H and O–H groups in total. The number of morpholine rings is 1. The number of nitrogens with one attached hydrogen (secondary N) is 1. The molecule has 2 fully saturated rings. The topological polar surface area (TPSA) is 130 Å². The van der Waals surface area contributed by atoms with Gasteiger partial charge >= 0.3 is 0 Å². The maximum absolute atomic E-state index is 11.8. The summed E-state index contributed by atoms with van der Waals surface area (Å²) in [6, 6.07) is 10.1. The fourth-order valence-electron chi connectivity index (χ4n) is 5.31. The summed E-state index contributed by atoms with van der Waals surface area (Å²) in [6.45, 7) is 4.89. The van der Waals surface area contributed by atoms with Gasteiger partial charge in [-0.15, -0.1) is 0 Å². The van der Waals surface area contributed by atoms with Gasteiger partial charge in [-0.2, -0.15) is 5.26 Å². The van der Waals surface area contributed by atoms with Crippen molar-refractivity contribution >= 4 is 50.1 Å². The fraction of sp³-hybridized carbons (Fsp3) is 0.333. The van der Waals surface area contributed by atoms with Gasteiger partial charge in [-0.05, 0) is 29.8 Å². The number of H-pyrrole nitrogens is 1. The van der Waals surface area contributed by atoms with Gasteiger partial charge < -0.3 is 23.6 Å². The molecule has 5 aromatic rings. The van der Waals surface area contributed by atoms with Gasteiger partial charge in [0.05, 0.1) is 30.2 Å². The average molecular weight is 528 g/mol. The zero-order chi connectivity index (χ0) is 25.6. The Hall–Kier alpha value is -3.69. The Bertz CT molecular complexity index is 1690. The van der Waals surface area contributed by atoms with Crippen LogP contribution in [0.2, 0.25) is 0 Å². The van der Waals surface area contributed by atoms with Crippen LogP contribution in [0.3, 0.4) is 0 Å². The van der Waals surface area contributed by atoms with Crippen LogP contribution in [0, 0.1) is 11.3 Å². The molecule has 7 rings (SSSR count). The third-order valence-electron chi connectivity index (χ3n) is 7.27. The van der Waals surface area contributed by atoms with E-state index in [2.05, 4.69) is 31.9 Å². The maximum atomic E-state index is 11.8. The fourth-order valence-corrected chi connectivity index (χ4v) is 6.43. The van der Waals surface area contributed by atoms with E-state index in [4.69, 9.17) is 19.1 Å². The Balaban J connectivity index is 1.41. The largest absolute Gasteiger partial charge is 0.616 e. The van der Waals surface area contributed by atoms with Crippen molar-refractivity contribution in [2.45, 2.75) is 6.54 Å². The number of benzene rings is 1. The van der Waals surface area contributed by atoms with Crippen LogP contribution >= 0.6 is 0 Å². The lowest BCUT2D eigenvalue weighted by Gasteiger charge is -2.28. The molecule has 0 aliphatic carbocycles. The third-order valence-corrected chi connectivity index (χ3v) is 8.55. The monoisotopic (exact) mass is 527 g/mol. The summed E-state index contributed by atoms with van der Waals surface area (Å²) in [5.74, 6) is 2.57. The predicted molar refractivity (Wildman–Crippen MR) is 145 cm³/mol. The zero-order valence-electron chi connectivity index (χ0n) is 20.6. The van der Waals surface area contributed by atoms with Gasteiger partial charge in [-0.25, -0.2) is 15.0 Å². The molecule has 0 spiro atoms. The van der Waals surface area contributed by atoms with Crippen molar-refractivity contribution in [3.05, 3.63) is 47.8 Å². The van der Waals surface area contributed by atoms with Gasteiger partial charge in [-0.3, -0.25) is 4.90 Å². The third kappa shape index (κ3) is 4.06. The molecular formula is C27H25N7O3S. The molecule has 0 atom stereocenters. The Kier molecular flexibility index (Phi) is 5.89. The van der Waals surface area contributed by atoms with E-state index in [1.807, 2.05) is 24.5 Å². The lowest BCUT2D eigenvalue weighted by Crippen LogP contribution is -2.39. The van der Waals surface area contributed by atoms with Gasteiger partial charge in [0, 0.05) is 61.6 Å². The van der Waals surface area contributed by atoms with E-state index in [0.717, 1.165) is 41.5 Å². The summed E-state index contributed by atoms with van der Waals surface area (Å²) in [5.41, 5.74) is 4.94. The van der Waals surface area contributed by atoms with Crippen molar-refractivity contribution < 1.29 is 13.7 Å². The number of aromatic amines is 1. The molecule has 1 aromatic carbocycles. The molecule has 6 heterocycles. The highest BCUT2D eigenvalue weighted by atomic mass is 32.2. The number of rotatable bonds is 4. The molecule has 2 aliphatic rings. The first-order chi connectivity index (χ1) is 18.7. The van der Waals surface area contributed by atoms with Crippen molar-refractivity contribution in [1.29, 1.82) is 5.26 Å². The van der Waals surface area contributed by atoms with Gasteiger partial charge in [0.15, 0.2) is 17.2 Å². The first-order valence-electron chi connectivity index (χ1n) is 12.7. The van der Waals surface area contributed by atoms with E-state index in [9.17, 15) is 9.81 Å². The van der Waals surface area contributed by atoms with Gasteiger partial charge in [-0.1, -0.05) is 11.2 Å². The molecule has 0 saturated carbocycles. The van der Waals surface area contributed by atoms with Crippen molar-refractivity contribution in [3.8, 4) is 17.5 Å². The van der Waals surface area contributed by atoms with Crippen LogP contribution in [0.1, 0.15) is 11.1 Å². The molecule has 4 aromatic heterocycles. The molecule has 38 heavy (non-hydrogen) atoms. The number of nitrogens with zero attached hydrogens (tertiary/aromatic N) is 6. The van der Waals surface area contributed by atoms with E-state index in [1.165, 1.54) is 0 Å². The number of aromatic nitrogens is 4. The number of nitriles is 1. The van der Waals surface area contributed by atoms with Crippen molar-refractivity contribution in [1.82, 2.24) is 24.8 Å². The Morgan fingerprint density at radius 2 is 1.92 bits per heavy atom. The van der Waals surface area contributed by atoms with Crippen molar-refractivity contribution in [2.75, 3.05) is 55.8 Å². The number of hydrogen-bond acceptors (Lipinski definition) is 9. The predicted octanol–water partition coefficient (Wildman–Crippen LogP) is 3.19. The van der Waals surface area contributed by atoms with E-state index >= 15 is 0 Å². The second-order valence-corrected chi connectivity index (χ2v) is 11.3. The SMILES string of the molecule is N#Cc1ccc2[nH]ccc2c1-c1nc(N2CCOCC2)c2oc3ncc(CN4CC[S+]([O-])CC4)cc3c2n1. The van der Waals surface area contributed by atoms with Gasteiger partial charge in [0.1, 0.15) is 17.0 Å². The molecule has 0 unspecified atom stereocenters. The number of ether oxygens (including phenoxy) is 1. The molecule has 0 radical (unpaired) electrons. The molecule has 0 amide bonds. The summed E-state index contributed by atoms with van der Waals surface area (Å²) in [4.78, 5) is 22.3. The molecular weight excluding hydrogens is 502 g/mol. The molecule has 11 heteroatoms. The maximum Gasteiger partial charge on any atom is 0.229 e. The molecule has 192 valence electrons. The second-order valence-electron chi connectivity index (χ2n) is 9.61. The minimum Gasteiger partial charge on any atom is -0.616 e. The summed E-state index contributed by atoms with van der Waals surface area (Å²) >= 11 is -0.718. The first kappa shape index (κ1) is 23.4. The quantitative estimate of drug-likeness (QED) is 0.350. The average Bonchev–Trinajstić information content (AvgIpc) is 3.58. The van der Waals surface area contributed by atoms with Crippen molar-refractivity contribution in [2.24, 2.45) is 0 Å². The molecule has 2 saturated heterocycles. The number of fused-ring (bicyclic) bond motifs is 4. The van der Waals surface area contributed by atoms with E-state index in [0.29, 0.717) is 77.4 Å². The van der Waals surface area contributed by atoms with Crippen LogP contribution in [0.25, 0.3) is 44.5 Å². The van der Waals surface area contributed by atoms with Crippen molar-refractivity contribution in [3.63, 3.8) is 0 Å². The number of anilines is 1. The van der Waals surface area contributed by atoms with E-state index in [1.54, 1.807) is 6.07 Å². The minimum atomic E-state index is -0.718. The number of hydrogen-bond donors (Lipinski definition) is 1. The van der Waals surface area contributed by atoms with Crippen LogP contribution in [-0.2, 0) is 22.5 Å². The summed E-state index contributed by atoms with van der Waals surface area (Å²) in [7, 11) is 0. The van der Waals surface area contributed by atoms with E-state index in [-0.39, 0.29) is 0 Å². The highest BCUT2D eigenvalue weighted by Gasteiger charge is 2.25. The normalized spacial score (nSPS) is 17.5. The van der Waals surface area contributed by atoms with E-state index < -0.39 is 11.2 Å². The summed E-state index contributed by atoms with van der Waals surface area (Å²) in [6.07, 6.45) is 3.70. The zero-order valence-corrected chi connectivity index (χ0v) is 21.5.